The second-order valence-corrected chi connectivity index (χ2v) is 10.9. The topological polar surface area (TPSA) is 93.5 Å². The Kier molecular flexibility index (Phi) is 9.29. The minimum Gasteiger partial charge on any atom is -0.382 e. The highest BCUT2D eigenvalue weighted by Crippen LogP contribution is 2.33. The summed E-state index contributed by atoms with van der Waals surface area (Å²) in [4.78, 5) is 17.9. The minimum atomic E-state index is -3.65. The van der Waals surface area contributed by atoms with Gasteiger partial charge in [0.05, 0.1) is 16.5 Å². The molecule has 2 heterocycles. The average Bonchev–Trinajstić information content (AvgIpc) is 3.17. The number of hydrazine groups is 1. The fourth-order valence-corrected chi connectivity index (χ4v) is 4.96. The van der Waals surface area contributed by atoms with Crippen molar-refractivity contribution in [1.82, 2.24) is 20.0 Å². The Hall–Kier alpha value is -2.30. The fourth-order valence-electron chi connectivity index (χ4n) is 3.94. The number of nitrogens with one attached hydrogen (secondary N) is 1. The van der Waals surface area contributed by atoms with E-state index in [2.05, 4.69) is 10.4 Å². The molecule has 1 aliphatic rings. The highest BCUT2D eigenvalue weighted by Gasteiger charge is 2.25. The molecule has 0 bridgehead atoms. The van der Waals surface area contributed by atoms with Crippen molar-refractivity contribution < 1.29 is 17.4 Å². The van der Waals surface area contributed by atoms with Gasteiger partial charge >= 0.3 is 10.1 Å². The molecule has 8 nitrogen and oxygen atoms in total. The third-order valence-electron chi connectivity index (χ3n) is 5.78. The van der Waals surface area contributed by atoms with Gasteiger partial charge in [0.25, 0.3) is 5.91 Å². The zero-order valence-electron chi connectivity index (χ0n) is 19.8. The molecule has 0 radical (unpaired) electrons. The molecule has 1 aromatic heterocycles. The van der Waals surface area contributed by atoms with E-state index in [-0.39, 0.29) is 35.5 Å². The molecule has 0 spiro atoms. The molecule has 0 atom stereocenters. The van der Waals surface area contributed by atoms with E-state index < -0.39 is 10.1 Å². The summed E-state index contributed by atoms with van der Waals surface area (Å²) >= 11 is 12.6. The minimum absolute atomic E-state index is 0. The van der Waals surface area contributed by atoms with Crippen LogP contribution in [0.3, 0.4) is 0 Å². The van der Waals surface area contributed by atoms with Crippen LogP contribution in [-0.2, 0) is 10.1 Å². The van der Waals surface area contributed by atoms with Gasteiger partial charge < -0.3 is 4.18 Å². The van der Waals surface area contributed by atoms with Gasteiger partial charge in [0.15, 0.2) is 5.69 Å². The number of amides is 1. The quantitative estimate of drug-likeness (QED) is 0.379. The Bertz CT molecular complexity index is 1340. The summed E-state index contributed by atoms with van der Waals surface area (Å²) in [6.45, 7) is 4.90. The highest BCUT2D eigenvalue weighted by molar-refractivity contribution is 7.87. The Balaban J connectivity index is 0.00000361. The van der Waals surface area contributed by atoms with Gasteiger partial charge in [-0.05, 0) is 69.2 Å². The summed E-state index contributed by atoms with van der Waals surface area (Å²) < 4.78 is 30.5. The number of carbonyl (C=O) groups excluding carboxylic acids is 1. The summed E-state index contributed by atoms with van der Waals surface area (Å²) in [6.07, 6.45) is 3.21. The first kappa shape index (κ1) is 28.3. The van der Waals surface area contributed by atoms with Gasteiger partial charge in [-0.2, -0.15) is 8.42 Å². The maximum Gasteiger partial charge on any atom is 0.308 e. The van der Waals surface area contributed by atoms with E-state index in [4.69, 9.17) is 27.4 Å². The molecule has 12 heteroatoms. The summed E-state index contributed by atoms with van der Waals surface area (Å²) in [5.41, 5.74) is 5.10. The molecule has 1 aliphatic heterocycles. The molecule has 3 aromatic rings. The smallest absolute Gasteiger partial charge is 0.308 e. The fraction of sp³-hybridized carbons (Fsp3) is 0.333. The Morgan fingerprint density at radius 1 is 1.08 bits per heavy atom. The molecule has 0 unspecified atom stereocenters. The highest BCUT2D eigenvalue weighted by atomic mass is 35.5. The first-order chi connectivity index (χ1) is 16.7. The van der Waals surface area contributed by atoms with Crippen molar-refractivity contribution in [3.05, 3.63) is 63.9 Å². The number of rotatable bonds is 7. The van der Waals surface area contributed by atoms with Gasteiger partial charge in [-0.15, -0.1) is 12.4 Å². The van der Waals surface area contributed by atoms with Crippen LogP contribution in [-0.4, -0.2) is 47.7 Å². The van der Waals surface area contributed by atoms with E-state index in [0.717, 1.165) is 32.4 Å². The van der Waals surface area contributed by atoms with Crippen LogP contribution in [0.4, 0.5) is 0 Å². The molecule has 1 N–H and O–H groups in total. The molecule has 1 fully saturated rings. The van der Waals surface area contributed by atoms with E-state index in [0.29, 0.717) is 32.8 Å². The van der Waals surface area contributed by atoms with Crippen LogP contribution < -0.4 is 9.61 Å². The zero-order chi connectivity index (χ0) is 25.2. The van der Waals surface area contributed by atoms with Crippen LogP contribution in [0.5, 0.6) is 5.75 Å². The second-order valence-electron chi connectivity index (χ2n) is 8.24. The molecule has 1 saturated heterocycles. The maximum absolute atomic E-state index is 13.2. The molecule has 0 aliphatic carbocycles. The lowest BCUT2D eigenvalue weighted by Crippen LogP contribution is -2.45. The van der Waals surface area contributed by atoms with Crippen molar-refractivity contribution in [3.63, 3.8) is 0 Å². The normalized spacial score (nSPS) is 14.2. The Morgan fingerprint density at radius 3 is 2.36 bits per heavy atom. The first-order valence-corrected chi connectivity index (χ1v) is 13.6. The van der Waals surface area contributed by atoms with Crippen molar-refractivity contribution in [3.8, 4) is 22.8 Å². The van der Waals surface area contributed by atoms with Gasteiger partial charge in [0.1, 0.15) is 11.6 Å². The van der Waals surface area contributed by atoms with Gasteiger partial charge in [0.2, 0.25) is 0 Å². The second kappa shape index (κ2) is 11.8. The number of nitrogens with zero attached hydrogens (tertiary/aromatic N) is 3. The van der Waals surface area contributed by atoms with E-state index in [1.165, 1.54) is 6.92 Å². The Labute approximate surface area is 227 Å². The molecule has 36 heavy (non-hydrogen) atoms. The number of benzene rings is 2. The average molecular weight is 574 g/mol. The summed E-state index contributed by atoms with van der Waals surface area (Å²) in [5, 5.41) is 2.79. The molecular formula is C24H27Cl3N4O4S. The maximum atomic E-state index is 13.2. The van der Waals surface area contributed by atoms with Crippen molar-refractivity contribution in [2.24, 2.45) is 0 Å². The van der Waals surface area contributed by atoms with E-state index >= 15 is 0 Å². The lowest BCUT2D eigenvalue weighted by Gasteiger charge is -2.26. The zero-order valence-corrected chi connectivity index (χ0v) is 23.0. The molecular weight excluding hydrogens is 547 g/mol. The Morgan fingerprint density at radius 2 is 1.75 bits per heavy atom. The van der Waals surface area contributed by atoms with Crippen molar-refractivity contribution in [1.29, 1.82) is 0 Å². The van der Waals surface area contributed by atoms with Crippen LogP contribution in [0.1, 0.15) is 42.4 Å². The van der Waals surface area contributed by atoms with Crippen LogP contribution in [0.15, 0.2) is 42.5 Å². The van der Waals surface area contributed by atoms with Crippen LogP contribution in [0, 0.1) is 6.92 Å². The number of imidazole rings is 1. The molecule has 1 amide bonds. The largest absolute Gasteiger partial charge is 0.382 e. The number of carbonyl (C=O) groups is 1. The van der Waals surface area contributed by atoms with E-state index in [1.807, 2.05) is 5.01 Å². The number of halogens is 3. The summed E-state index contributed by atoms with van der Waals surface area (Å²) in [7, 11) is -3.65. The third kappa shape index (κ3) is 6.33. The van der Waals surface area contributed by atoms with E-state index in [9.17, 15) is 13.2 Å². The standard InChI is InChI=1S/C24H26Cl2N4O4S.ClH/c1-3-35(32,33)34-19-10-8-18(9-11-19)30-16(2)22(24(31)28-29-13-5-4-6-14-29)27-23(30)20-12-7-17(25)15-21(20)26;/h7-12,15H,3-6,13-14H2,1-2H3,(H,28,31);1H. The SMILES string of the molecule is CCS(=O)(=O)Oc1ccc(-n2c(-c3ccc(Cl)cc3Cl)nc(C(=O)NN3CCCCC3)c2C)cc1.Cl. The van der Waals surface area contributed by atoms with Crippen molar-refractivity contribution >= 4 is 51.6 Å². The number of hydrogen-bond donors (Lipinski definition) is 1. The van der Waals surface area contributed by atoms with Crippen molar-refractivity contribution in [2.45, 2.75) is 33.1 Å². The number of piperidine rings is 1. The predicted molar refractivity (Wildman–Crippen MR) is 144 cm³/mol. The van der Waals surface area contributed by atoms with Crippen LogP contribution in [0.2, 0.25) is 10.0 Å². The molecule has 2 aromatic carbocycles. The van der Waals surface area contributed by atoms with E-state index in [1.54, 1.807) is 54.0 Å². The van der Waals surface area contributed by atoms with Gasteiger partial charge in [-0.1, -0.05) is 29.6 Å². The van der Waals surface area contributed by atoms with Crippen molar-refractivity contribution in [2.75, 3.05) is 18.8 Å². The molecule has 194 valence electrons. The monoisotopic (exact) mass is 572 g/mol. The van der Waals surface area contributed by atoms with Gasteiger partial charge in [-0.3, -0.25) is 14.8 Å². The van der Waals surface area contributed by atoms with Crippen LogP contribution in [0.25, 0.3) is 17.1 Å². The number of aromatic nitrogens is 2. The molecule has 4 rings (SSSR count). The first-order valence-electron chi connectivity index (χ1n) is 11.3. The summed E-state index contributed by atoms with van der Waals surface area (Å²) in [6, 6.07) is 11.6. The number of hydrogen-bond acceptors (Lipinski definition) is 6. The van der Waals surface area contributed by atoms with Gasteiger partial charge in [0, 0.05) is 29.4 Å². The third-order valence-corrected chi connectivity index (χ3v) is 7.48. The molecule has 0 saturated carbocycles. The van der Waals surface area contributed by atoms with Gasteiger partial charge in [-0.25, -0.2) is 9.99 Å². The lowest BCUT2D eigenvalue weighted by molar-refractivity contribution is 0.0744. The lowest BCUT2D eigenvalue weighted by atomic mass is 10.2. The predicted octanol–water partition coefficient (Wildman–Crippen LogP) is 5.44. The summed E-state index contributed by atoms with van der Waals surface area (Å²) in [5.74, 6) is 0.221. The van der Waals surface area contributed by atoms with Crippen LogP contribution >= 0.6 is 35.6 Å².